The van der Waals surface area contributed by atoms with Crippen LogP contribution in [0.25, 0.3) is 0 Å². The van der Waals surface area contributed by atoms with Crippen molar-refractivity contribution >= 4 is 17.4 Å². The van der Waals surface area contributed by atoms with E-state index < -0.39 is 6.10 Å². The zero-order valence-electron chi connectivity index (χ0n) is 19.0. The van der Waals surface area contributed by atoms with Crippen LogP contribution in [0.4, 0.5) is 5.82 Å². The summed E-state index contributed by atoms with van der Waals surface area (Å²) in [7, 11) is 1.69. The predicted molar refractivity (Wildman–Crippen MR) is 127 cm³/mol. The molecule has 0 aliphatic carbocycles. The Kier molecular flexibility index (Phi) is 9.44. The van der Waals surface area contributed by atoms with Gasteiger partial charge in [-0.3, -0.25) is 4.90 Å². The van der Waals surface area contributed by atoms with Crippen LogP contribution in [0.2, 0.25) is 5.02 Å². The molecular formula is C24H33ClN4O3. The molecule has 1 saturated heterocycles. The number of anilines is 1. The van der Waals surface area contributed by atoms with Crippen LogP contribution in [0, 0.1) is 6.92 Å². The van der Waals surface area contributed by atoms with Crippen molar-refractivity contribution in [2.45, 2.75) is 26.1 Å². The lowest BCUT2D eigenvalue weighted by Gasteiger charge is -2.37. The summed E-state index contributed by atoms with van der Waals surface area (Å²) in [5, 5.41) is 10.9. The highest BCUT2D eigenvalue weighted by molar-refractivity contribution is 6.30. The smallest absolute Gasteiger partial charge is 0.136 e. The molecule has 1 aliphatic heterocycles. The summed E-state index contributed by atoms with van der Waals surface area (Å²) in [4.78, 5) is 14.1. The maximum Gasteiger partial charge on any atom is 0.136 e. The Morgan fingerprint density at radius 2 is 1.91 bits per heavy atom. The standard InChI is InChI=1S/C24H33ClN4O3/c1-4-13-32-16-21(30)15-28-9-11-29(12-10-28)24-22(14-19-5-7-20(25)8-6-19)23(17-31-3)26-18(2)27-24/h4-8,21,30H,1,9-17H2,2-3H3. The van der Waals surface area contributed by atoms with Crippen LogP contribution in [0.5, 0.6) is 0 Å². The number of piperazine rings is 1. The third kappa shape index (κ3) is 6.98. The topological polar surface area (TPSA) is 71.0 Å². The van der Waals surface area contributed by atoms with Gasteiger partial charge < -0.3 is 19.5 Å². The Labute approximate surface area is 195 Å². The van der Waals surface area contributed by atoms with Crippen LogP contribution >= 0.6 is 11.6 Å². The van der Waals surface area contributed by atoms with E-state index in [0.717, 1.165) is 59.7 Å². The molecule has 1 unspecified atom stereocenters. The first-order chi connectivity index (χ1) is 15.5. The highest BCUT2D eigenvalue weighted by Crippen LogP contribution is 2.26. The van der Waals surface area contributed by atoms with Gasteiger partial charge >= 0.3 is 0 Å². The van der Waals surface area contributed by atoms with Crippen LogP contribution in [0.15, 0.2) is 36.9 Å². The van der Waals surface area contributed by atoms with Gasteiger partial charge in [0.05, 0.1) is 31.6 Å². The lowest BCUT2D eigenvalue weighted by atomic mass is 10.0. The number of benzene rings is 1. The lowest BCUT2D eigenvalue weighted by Crippen LogP contribution is -2.49. The van der Waals surface area contributed by atoms with Gasteiger partial charge in [0.15, 0.2) is 0 Å². The molecule has 1 aliphatic rings. The normalized spacial score (nSPS) is 15.7. The highest BCUT2D eigenvalue weighted by atomic mass is 35.5. The SMILES string of the molecule is C=CCOCC(O)CN1CCN(c2nc(C)nc(COC)c2Cc2ccc(Cl)cc2)CC1. The monoisotopic (exact) mass is 460 g/mol. The van der Waals surface area contributed by atoms with E-state index >= 15 is 0 Å². The molecule has 2 aromatic rings. The van der Waals surface area contributed by atoms with E-state index in [-0.39, 0.29) is 0 Å². The van der Waals surface area contributed by atoms with Crippen molar-refractivity contribution < 1.29 is 14.6 Å². The third-order valence-electron chi connectivity index (χ3n) is 5.44. The van der Waals surface area contributed by atoms with Crippen LogP contribution in [0.1, 0.15) is 22.6 Å². The summed E-state index contributed by atoms with van der Waals surface area (Å²) >= 11 is 6.07. The van der Waals surface area contributed by atoms with Gasteiger partial charge in [-0.15, -0.1) is 6.58 Å². The molecule has 8 heteroatoms. The number of hydrogen-bond acceptors (Lipinski definition) is 7. The number of methoxy groups -OCH3 is 1. The summed E-state index contributed by atoms with van der Waals surface area (Å²) in [5.41, 5.74) is 3.16. The number of rotatable bonds is 11. The van der Waals surface area contributed by atoms with Crippen molar-refractivity contribution in [3.63, 3.8) is 0 Å². The van der Waals surface area contributed by atoms with Gasteiger partial charge in [0.1, 0.15) is 11.6 Å². The largest absolute Gasteiger partial charge is 0.389 e. The Balaban J connectivity index is 1.72. The molecule has 7 nitrogen and oxygen atoms in total. The van der Waals surface area contributed by atoms with Gasteiger partial charge in [0, 0.05) is 56.8 Å². The molecule has 1 aromatic carbocycles. The lowest BCUT2D eigenvalue weighted by molar-refractivity contribution is 0.0252. The number of aryl methyl sites for hydroxylation is 1. The van der Waals surface area contributed by atoms with Gasteiger partial charge in [-0.25, -0.2) is 9.97 Å². The van der Waals surface area contributed by atoms with Crippen molar-refractivity contribution in [2.24, 2.45) is 0 Å². The first-order valence-electron chi connectivity index (χ1n) is 10.9. The van der Waals surface area contributed by atoms with Crippen LogP contribution in [-0.4, -0.2) is 79.1 Å². The molecule has 0 bridgehead atoms. The van der Waals surface area contributed by atoms with Crippen LogP contribution in [-0.2, 0) is 22.5 Å². The number of halogens is 1. The van der Waals surface area contributed by atoms with E-state index in [2.05, 4.69) is 21.4 Å². The molecule has 1 aromatic heterocycles. The fourth-order valence-electron chi connectivity index (χ4n) is 3.92. The van der Waals surface area contributed by atoms with E-state index in [4.69, 9.17) is 26.1 Å². The fraction of sp³-hybridized carbons (Fsp3) is 0.500. The molecule has 0 saturated carbocycles. The molecule has 3 rings (SSSR count). The fourth-order valence-corrected chi connectivity index (χ4v) is 4.05. The van der Waals surface area contributed by atoms with Crippen molar-refractivity contribution in [2.75, 3.05) is 57.9 Å². The van der Waals surface area contributed by atoms with E-state index in [1.165, 1.54) is 0 Å². The summed E-state index contributed by atoms with van der Waals surface area (Å²) in [6, 6.07) is 7.89. The number of β-amino-alcohol motifs (C(OH)–C–C–N with tert-alkyl or cyclic N) is 1. The molecule has 1 fully saturated rings. The van der Waals surface area contributed by atoms with E-state index in [0.29, 0.717) is 32.8 Å². The average molecular weight is 461 g/mol. The van der Waals surface area contributed by atoms with Gasteiger partial charge in [0.2, 0.25) is 0 Å². The van der Waals surface area contributed by atoms with E-state index in [1.54, 1.807) is 13.2 Å². The number of hydrogen-bond donors (Lipinski definition) is 1. The summed E-state index contributed by atoms with van der Waals surface area (Å²) < 4.78 is 10.8. The average Bonchev–Trinajstić information content (AvgIpc) is 2.78. The minimum Gasteiger partial charge on any atom is -0.389 e. The van der Waals surface area contributed by atoms with Gasteiger partial charge in [0.25, 0.3) is 0 Å². The molecule has 0 spiro atoms. The number of aromatic nitrogens is 2. The molecule has 0 amide bonds. The van der Waals surface area contributed by atoms with Crippen LogP contribution in [0.3, 0.4) is 0 Å². The molecule has 32 heavy (non-hydrogen) atoms. The van der Waals surface area contributed by atoms with Crippen LogP contribution < -0.4 is 4.90 Å². The van der Waals surface area contributed by atoms with E-state index in [9.17, 15) is 5.11 Å². The second-order valence-electron chi connectivity index (χ2n) is 8.02. The Hall–Kier alpha value is -2.03. The summed E-state index contributed by atoms with van der Waals surface area (Å²) in [6.45, 7) is 10.7. The van der Waals surface area contributed by atoms with Gasteiger partial charge in [-0.2, -0.15) is 0 Å². The number of aliphatic hydroxyl groups excluding tert-OH is 1. The minimum absolute atomic E-state index is 0.322. The quantitative estimate of drug-likeness (QED) is 0.408. The maximum atomic E-state index is 10.2. The second kappa shape index (κ2) is 12.3. The predicted octanol–water partition coefficient (Wildman–Crippen LogP) is 2.86. The zero-order valence-corrected chi connectivity index (χ0v) is 19.7. The van der Waals surface area contributed by atoms with Crippen molar-refractivity contribution in [3.8, 4) is 0 Å². The first-order valence-corrected chi connectivity index (χ1v) is 11.3. The maximum absolute atomic E-state index is 10.2. The number of ether oxygens (including phenoxy) is 2. The second-order valence-corrected chi connectivity index (χ2v) is 8.46. The Bertz CT molecular complexity index is 870. The molecular weight excluding hydrogens is 428 g/mol. The van der Waals surface area contributed by atoms with E-state index in [1.807, 2.05) is 31.2 Å². The molecule has 2 heterocycles. The summed E-state index contributed by atoms with van der Waals surface area (Å²) in [5.74, 6) is 1.71. The molecule has 1 atom stereocenters. The van der Waals surface area contributed by atoms with Gasteiger partial charge in [-0.05, 0) is 24.6 Å². The number of nitrogens with zero attached hydrogens (tertiary/aromatic N) is 4. The molecule has 0 radical (unpaired) electrons. The zero-order chi connectivity index (χ0) is 22.9. The third-order valence-corrected chi connectivity index (χ3v) is 5.70. The van der Waals surface area contributed by atoms with Crippen molar-refractivity contribution in [1.29, 1.82) is 0 Å². The Morgan fingerprint density at radius 1 is 1.19 bits per heavy atom. The number of aliphatic hydroxyl groups is 1. The van der Waals surface area contributed by atoms with Gasteiger partial charge in [-0.1, -0.05) is 29.8 Å². The Morgan fingerprint density at radius 3 is 2.56 bits per heavy atom. The first kappa shape index (κ1) is 24.6. The van der Waals surface area contributed by atoms with Crippen molar-refractivity contribution in [1.82, 2.24) is 14.9 Å². The van der Waals surface area contributed by atoms with Crippen molar-refractivity contribution in [3.05, 3.63) is 64.6 Å². The highest BCUT2D eigenvalue weighted by Gasteiger charge is 2.24. The minimum atomic E-state index is -0.503. The summed E-state index contributed by atoms with van der Waals surface area (Å²) in [6.07, 6.45) is 1.90. The molecule has 174 valence electrons. The molecule has 1 N–H and O–H groups in total.